The number of carbonyl (C=O) groups is 1. The van der Waals surface area contributed by atoms with Gasteiger partial charge in [0.05, 0.1) is 23.5 Å². The molecule has 1 amide bonds. The van der Waals surface area contributed by atoms with Crippen LogP contribution in [0.3, 0.4) is 0 Å². The van der Waals surface area contributed by atoms with Gasteiger partial charge in [0.15, 0.2) is 0 Å². The van der Waals surface area contributed by atoms with Gasteiger partial charge in [-0.05, 0) is 29.7 Å². The third-order valence-corrected chi connectivity index (χ3v) is 5.12. The molecule has 1 aromatic heterocycles. The summed E-state index contributed by atoms with van der Waals surface area (Å²) in [5, 5.41) is 3.39. The third kappa shape index (κ3) is 3.83. The van der Waals surface area contributed by atoms with E-state index in [-0.39, 0.29) is 11.3 Å². The van der Waals surface area contributed by atoms with Crippen LogP contribution >= 0.6 is 0 Å². The fraction of sp³-hybridized carbons (Fsp3) is 0.455. The van der Waals surface area contributed by atoms with E-state index in [4.69, 9.17) is 4.98 Å². The molecule has 1 fully saturated rings. The number of nitrogens with zero attached hydrogens (tertiary/aromatic N) is 3. The number of pyridine rings is 1. The van der Waals surface area contributed by atoms with E-state index in [0.717, 1.165) is 55.4 Å². The molecule has 2 aliphatic rings. The number of nitrogens with one attached hydrogen (secondary N) is 1. The summed E-state index contributed by atoms with van der Waals surface area (Å²) in [6.07, 6.45) is 0.400. The lowest BCUT2D eigenvalue weighted by molar-refractivity contribution is -0.117. The monoisotopic (exact) mass is 364 g/mol. The van der Waals surface area contributed by atoms with Crippen LogP contribution in [0.15, 0.2) is 36.4 Å². The predicted octanol–water partition coefficient (Wildman–Crippen LogP) is 3.09. The van der Waals surface area contributed by atoms with E-state index in [1.54, 1.807) is 0 Å². The number of rotatable bonds is 3. The molecule has 5 nitrogen and oxygen atoms in total. The van der Waals surface area contributed by atoms with Gasteiger partial charge in [0, 0.05) is 44.0 Å². The lowest BCUT2D eigenvalue weighted by Gasteiger charge is -2.29. The highest BCUT2D eigenvalue weighted by molar-refractivity contribution is 6.01. The van der Waals surface area contributed by atoms with Crippen molar-refractivity contribution >= 4 is 17.3 Å². The quantitative estimate of drug-likeness (QED) is 0.909. The average molecular weight is 364 g/mol. The van der Waals surface area contributed by atoms with E-state index in [1.807, 2.05) is 11.0 Å². The van der Waals surface area contributed by atoms with E-state index in [2.05, 4.69) is 61.3 Å². The fourth-order valence-corrected chi connectivity index (χ4v) is 3.84. The molecule has 0 saturated carbocycles. The summed E-state index contributed by atoms with van der Waals surface area (Å²) in [6.45, 7) is 11.3. The van der Waals surface area contributed by atoms with Gasteiger partial charge in [-0.3, -0.25) is 9.78 Å². The minimum atomic E-state index is 0.0631. The largest absolute Gasteiger partial charge is 0.369 e. The van der Waals surface area contributed by atoms with Crippen LogP contribution in [0.5, 0.6) is 0 Å². The Hall–Kier alpha value is -2.40. The molecule has 2 aromatic rings. The standard InChI is InChI=1S/C22H28N4O/c1-22(2,3)15-26-20-8-7-18(24-19(20)14-21(26)27)16-5-4-6-17(13-16)25-11-9-23-10-12-25/h4-8,13,23H,9-12,14-15H2,1-3H3. The molecule has 3 heterocycles. The topological polar surface area (TPSA) is 48.5 Å². The maximum Gasteiger partial charge on any atom is 0.233 e. The van der Waals surface area contributed by atoms with Gasteiger partial charge in [-0.15, -0.1) is 0 Å². The van der Waals surface area contributed by atoms with Crippen molar-refractivity contribution in [1.82, 2.24) is 10.3 Å². The first kappa shape index (κ1) is 18.0. The van der Waals surface area contributed by atoms with E-state index in [1.165, 1.54) is 5.69 Å². The van der Waals surface area contributed by atoms with Gasteiger partial charge in [0.1, 0.15) is 0 Å². The highest BCUT2D eigenvalue weighted by Gasteiger charge is 2.31. The van der Waals surface area contributed by atoms with Crippen LogP contribution in [-0.4, -0.2) is 43.6 Å². The van der Waals surface area contributed by atoms with Gasteiger partial charge in [-0.2, -0.15) is 0 Å². The first-order chi connectivity index (χ1) is 12.9. The molecule has 27 heavy (non-hydrogen) atoms. The van der Waals surface area contributed by atoms with E-state index in [0.29, 0.717) is 6.42 Å². The van der Waals surface area contributed by atoms with Crippen molar-refractivity contribution in [3.63, 3.8) is 0 Å². The lowest BCUT2D eigenvalue weighted by Crippen LogP contribution is -2.43. The number of carbonyl (C=O) groups excluding carboxylic acids is 1. The normalized spacial score (nSPS) is 17.4. The lowest BCUT2D eigenvalue weighted by atomic mass is 9.96. The van der Waals surface area contributed by atoms with Crippen molar-refractivity contribution in [2.75, 3.05) is 42.5 Å². The van der Waals surface area contributed by atoms with Crippen molar-refractivity contribution < 1.29 is 4.79 Å². The Balaban J connectivity index is 1.61. The molecule has 1 aromatic carbocycles. The number of hydrogen-bond donors (Lipinski definition) is 1. The predicted molar refractivity (Wildman–Crippen MR) is 110 cm³/mol. The summed E-state index contributed by atoms with van der Waals surface area (Å²) >= 11 is 0. The van der Waals surface area contributed by atoms with Crippen LogP contribution in [0.4, 0.5) is 11.4 Å². The van der Waals surface area contributed by atoms with E-state index in [9.17, 15) is 4.79 Å². The molecular weight excluding hydrogens is 336 g/mol. The van der Waals surface area contributed by atoms with Crippen molar-refractivity contribution in [3.05, 3.63) is 42.1 Å². The average Bonchev–Trinajstić information content (AvgIpc) is 2.96. The van der Waals surface area contributed by atoms with Crippen LogP contribution in [-0.2, 0) is 11.2 Å². The van der Waals surface area contributed by atoms with Crippen molar-refractivity contribution in [2.24, 2.45) is 5.41 Å². The van der Waals surface area contributed by atoms with Gasteiger partial charge >= 0.3 is 0 Å². The Labute approximate surface area is 161 Å². The Morgan fingerprint density at radius 1 is 1.11 bits per heavy atom. The summed E-state index contributed by atoms with van der Waals surface area (Å²) in [7, 11) is 0. The first-order valence-electron chi connectivity index (χ1n) is 9.77. The summed E-state index contributed by atoms with van der Waals surface area (Å²) in [4.78, 5) is 21.6. The molecule has 2 aliphatic heterocycles. The molecule has 142 valence electrons. The highest BCUT2D eigenvalue weighted by Crippen LogP contribution is 2.33. The Kier molecular flexibility index (Phi) is 4.64. The highest BCUT2D eigenvalue weighted by atomic mass is 16.2. The molecule has 4 rings (SSSR count). The molecule has 0 spiro atoms. The molecule has 1 N–H and O–H groups in total. The first-order valence-corrected chi connectivity index (χ1v) is 9.77. The summed E-state index contributed by atoms with van der Waals surface area (Å²) in [6, 6.07) is 12.7. The van der Waals surface area contributed by atoms with Crippen LogP contribution < -0.4 is 15.1 Å². The number of hydrogen-bond acceptors (Lipinski definition) is 4. The van der Waals surface area contributed by atoms with Crippen molar-refractivity contribution in [3.8, 4) is 11.3 Å². The molecular formula is C22H28N4O. The zero-order chi connectivity index (χ0) is 19.0. The van der Waals surface area contributed by atoms with Gasteiger partial charge < -0.3 is 15.1 Å². The third-order valence-electron chi connectivity index (χ3n) is 5.12. The summed E-state index contributed by atoms with van der Waals surface area (Å²) in [5.74, 6) is 0.152. The zero-order valence-corrected chi connectivity index (χ0v) is 16.5. The molecule has 0 bridgehead atoms. The molecule has 0 atom stereocenters. The van der Waals surface area contributed by atoms with Crippen LogP contribution in [0.1, 0.15) is 26.5 Å². The van der Waals surface area contributed by atoms with Crippen LogP contribution in [0.2, 0.25) is 0 Å². The molecule has 1 saturated heterocycles. The maximum absolute atomic E-state index is 12.5. The Bertz CT molecular complexity index is 850. The minimum absolute atomic E-state index is 0.0631. The second-order valence-electron chi connectivity index (χ2n) is 8.67. The van der Waals surface area contributed by atoms with Gasteiger partial charge in [0.25, 0.3) is 0 Å². The number of piperazine rings is 1. The maximum atomic E-state index is 12.5. The number of anilines is 2. The fourth-order valence-electron chi connectivity index (χ4n) is 3.84. The summed E-state index contributed by atoms with van der Waals surface area (Å²) in [5.41, 5.74) is 5.22. The van der Waals surface area contributed by atoms with E-state index >= 15 is 0 Å². The zero-order valence-electron chi connectivity index (χ0n) is 16.5. The molecule has 5 heteroatoms. The number of benzene rings is 1. The number of fused-ring (bicyclic) bond motifs is 1. The smallest absolute Gasteiger partial charge is 0.233 e. The van der Waals surface area contributed by atoms with Gasteiger partial charge in [0.2, 0.25) is 5.91 Å². The number of aromatic nitrogens is 1. The molecule has 0 unspecified atom stereocenters. The van der Waals surface area contributed by atoms with E-state index < -0.39 is 0 Å². The Morgan fingerprint density at radius 2 is 1.89 bits per heavy atom. The second kappa shape index (κ2) is 6.97. The van der Waals surface area contributed by atoms with Gasteiger partial charge in [-0.25, -0.2) is 0 Å². The van der Waals surface area contributed by atoms with Crippen LogP contribution in [0, 0.1) is 5.41 Å². The van der Waals surface area contributed by atoms with Gasteiger partial charge in [-0.1, -0.05) is 32.9 Å². The molecule has 0 aliphatic carbocycles. The SMILES string of the molecule is CC(C)(C)CN1C(=O)Cc2nc(-c3cccc(N4CCNCC4)c3)ccc21. The van der Waals surface area contributed by atoms with Crippen molar-refractivity contribution in [1.29, 1.82) is 0 Å². The summed E-state index contributed by atoms with van der Waals surface area (Å²) < 4.78 is 0. The second-order valence-corrected chi connectivity index (χ2v) is 8.67. The molecule has 0 radical (unpaired) electrons. The minimum Gasteiger partial charge on any atom is -0.369 e. The van der Waals surface area contributed by atoms with Crippen molar-refractivity contribution in [2.45, 2.75) is 27.2 Å². The Morgan fingerprint density at radius 3 is 2.63 bits per heavy atom. The van der Waals surface area contributed by atoms with Crippen LogP contribution in [0.25, 0.3) is 11.3 Å². The number of amides is 1.